The van der Waals surface area contributed by atoms with E-state index in [4.69, 9.17) is 0 Å². The molecule has 1 heterocycles. The first kappa shape index (κ1) is 11.0. The molecule has 0 radical (unpaired) electrons. The Labute approximate surface area is 85.1 Å². The highest BCUT2D eigenvalue weighted by Gasteiger charge is 2.06. The number of carbonyl (C=O) groups excluding carboxylic acids is 1. The fourth-order valence-electron chi connectivity index (χ4n) is 1.42. The van der Waals surface area contributed by atoms with Gasteiger partial charge in [0.2, 0.25) is 0 Å². The third-order valence-corrected chi connectivity index (χ3v) is 2.28. The van der Waals surface area contributed by atoms with Crippen molar-refractivity contribution in [1.82, 2.24) is 9.78 Å². The van der Waals surface area contributed by atoms with Gasteiger partial charge in [0.05, 0.1) is 11.8 Å². The van der Waals surface area contributed by atoms with E-state index in [0.717, 1.165) is 18.4 Å². The number of Topliss-reactive ketones (excluding diaryl/α,β-unsaturated/α-hetero) is 1. The number of aryl methyl sites for hydroxylation is 1. The predicted molar refractivity (Wildman–Crippen MR) is 56.3 cm³/mol. The fourth-order valence-corrected chi connectivity index (χ4v) is 1.42. The maximum Gasteiger partial charge on any atom is 0.166 e. The van der Waals surface area contributed by atoms with Crippen LogP contribution in [0.4, 0.5) is 0 Å². The molecule has 0 aliphatic heterocycles. The number of hydrogen-bond acceptors (Lipinski definition) is 2. The highest BCUT2D eigenvalue weighted by molar-refractivity contribution is 5.95. The first-order chi connectivity index (χ1) is 6.74. The Bertz CT molecular complexity index is 291. The highest BCUT2D eigenvalue weighted by Crippen LogP contribution is 2.08. The molecular formula is C11H18N2O. The molecule has 0 aliphatic carbocycles. The van der Waals surface area contributed by atoms with Gasteiger partial charge in [-0.2, -0.15) is 5.10 Å². The molecule has 78 valence electrons. The summed E-state index contributed by atoms with van der Waals surface area (Å²) >= 11 is 0. The molecule has 0 amide bonds. The van der Waals surface area contributed by atoms with Crippen molar-refractivity contribution >= 4 is 5.78 Å². The summed E-state index contributed by atoms with van der Waals surface area (Å²) in [6, 6.07) is 0. The molecule has 0 N–H and O–H groups in total. The average Bonchev–Trinajstić information content (AvgIpc) is 2.59. The third-order valence-electron chi connectivity index (χ3n) is 2.28. The predicted octanol–water partition coefficient (Wildman–Crippen LogP) is 2.57. The number of aromatic nitrogens is 2. The van der Waals surface area contributed by atoms with Crippen molar-refractivity contribution in [3.8, 4) is 0 Å². The molecule has 3 nitrogen and oxygen atoms in total. The molecule has 1 aromatic rings. The van der Waals surface area contributed by atoms with Gasteiger partial charge >= 0.3 is 0 Å². The van der Waals surface area contributed by atoms with Gasteiger partial charge in [-0.1, -0.05) is 26.2 Å². The minimum atomic E-state index is 0.217. The van der Waals surface area contributed by atoms with Gasteiger partial charge in [-0.25, -0.2) is 0 Å². The Balaban J connectivity index is 2.29. The van der Waals surface area contributed by atoms with Crippen molar-refractivity contribution in [3.63, 3.8) is 0 Å². The monoisotopic (exact) mass is 194 g/mol. The van der Waals surface area contributed by atoms with Crippen molar-refractivity contribution in [1.29, 1.82) is 0 Å². The third kappa shape index (κ3) is 3.32. The molecule has 0 atom stereocenters. The first-order valence-electron chi connectivity index (χ1n) is 5.26. The van der Waals surface area contributed by atoms with Gasteiger partial charge in [0, 0.05) is 19.7 Å². The van der Waals surface area contributed by atoms with Gasteiger partial charge < -0.3 is 0 Å². The lowest BCUT2D eigenvalue weighted by atomic mass is 10.1. The quantitative estimate of drug-likeness (QED) is 0.515. The molecule has 14 heavy (non-hydrogen) atoms. The zero-order valence-corrected chi connectivity index (χ0v) is 8.99. The van der Waals surface area contributed by atoms with E-state index in [-0.39, 0.29) is 5.78 Å². The summed E-state index contributed by atoms with van der Waals surface area (Å²) < 4.78 is 1.67. The summed E-state index contributed by atoms with van der Waals surface area (Å²) in [5, 5.41) is 3.98. The second-order valence-corrected chi connectivity index (χ2v) is 3.64. The lowest BCUT2D eigenvalue weighted by Crippen LogP contribution is -1.97. The molecule has 0 fully saturated rings. The molecule has 0 spiro atoms. The lowest BCUT2D eigenvalue weighted by Gasteiger charge is -1.97. The second kappa shape index (κ2) is 5.58. The zero-order chi connectivity index (χ0) is 10.4. The highest BCUT2D eigenvalue weighted by atomic mass is 16.1. The van der Waals surface area contributed by atoms with Crippen LogP contribution in [0, 0.1) is 0 Å². The van der Waals surface area contributed by atoms with Crippen molar-refractivity contribution in [3.05, 3.63) is 18.0 Å². The average molecular weight is 194 g/mol. The van der Waals surface area contributed by atoms with E-state index in [2.05, 4.69) is 12.0 Å². The van der Waals surface area contributed by atoms with Gasteiger partial charge in [-0.05, 0) is 6.42 Å². The molecule has 0 unspecified atom stereocenters. The van der Waals surface area contributed by atoms with Crippen molar-refractivity contribution < 1.29 is 4.79 Å². The molecule has 0 saturated heterocycles. The molecular weight excluding hydrogens is 176 g/mol. The van der Waals surface area contributed by atoms with Crippen LogP contribution in [0.1, 0.15) is 49.4 Å². The Morgan fingerprint density at radius 3 is 2.79 bits per heavy atom. The molecule has 3 heteroatoms. The van der Waals surface area contributed by atoms with Gasteiger partial charge in [0.15, 0.2) is 5.78 Å². The van der Waals surface area contributed by atoms with Crippen LogP contribution in [0.5, 0.6) is 0 Å². The minimum absolute atomic E-state index is 0.217. The molecule has 1 aromatic heterocycles. The Morgan fingerprint density at radius 2 is 2.21 bits per heavy atom. The molecule has 0 saturated carbocycles. The maximum atomic E-state index is 11.6. The molecule has 0 bridgehead atoms. The smallest absolute Gasteiger partial charge is 0.166 e. The normalized spacial score (nSPS) is 10.4. The van der Waals surface area contributed by atoms with Gasteiger partial charge in [-0.15, -0.1) is 0 Å². The summed E-state index contributed by atoms with van der Waals surface area (Å²) in [7, 11) is 1.83. The first-order valence-corrected chi connectivity index (χ1v) is 5.26. The number of nitrogens with zero attached hydrogens (tertiary/aromatic N) is 2. The number of carbonyl (C=O) groups is 1. The standard InChI is InChI=1S/C11H18N2O/c1-3-4-5-6-7-11(14)10-8-12-13(2)9-10/h8-9H,3-7H2,1-2H3. The van der Waals surface area contributed by atoms with E-state index < -0.39 is 0 Å². The van der Waals surface area contributed by atoms with Crippen LogP contribution in [-0.2, 0) is 7.05 Å². The Kier molecular flexibility index (Phi) is 4.36. The van der Waals surface area contributed by atoms with Gasteiger partial charge in [0.25, 0.3) is 0 Å². The second-order valence-electron chi connectivity index (χ2n) is 3.64. The van der Waals surface area contributed by atoms with Crippen molar-refractivity contribution in [2.24, 2.45) is 7.05 Å². The summed E-state index contributed by atoms with van der Waals surface area (Å²) in [6.07, 6.45) is 8.67. The molecule has 0 aliphatic rings. The van der Waals surface area contributed by atoms with Gasteiger partial charge in [-0.3, -0.25) is 9.48 Å². The number of hydrogen-bond donors (Lipinski definition) is 0. The van der Waals surface area contributed by atoms with E-state index >= 15 is 0 Å². The van der Waals surface area contributed by atoms with E-state index in [1.54, 1.807) is 17.1 Å². The van der Waals surface area contributed by atoms with Crippen LogP contribution < -0.4 is 0 Å². The van der Waals surface area contributed by atoms with E-state index in [1.165, 1.54) is 12.8 Å². The maximum absolute atomic E-state index is 11.6. The van der Waals surface area contributed by atoms with Crippen LogP contribution >= 0.6 is 0 Å². The number of unbranched alkanes of at least 4 members (excludes halogenated alkanes) is 3. The largest absolute Gasteiger partial charge is 0.294 e. The number of rotatable bonds is 6. The zero-order valence-electron chi connectivity index (χ0n) is 8.99. The van der Waals surface area contributed by atoms with E-state index in [0.29, 0.717) is 6.42 Å². The SMILES string of the molecule is CCCCCCC(=O)c1cnn(C)c1. The van der Waals surface area contributed by atoms with Crippen LogP contribution in [0.2, 0.25) is 0 Å². The Morgan fingerprint density at radius 1 is 1.43 bits per heavy atom. The van der Waals surface area contributed by atoms with Crippen LogP contribution in [-0.4, -0.2) is 15.6 Å². The summed E-state index contributed by atoms with van der Waals surface area (Å²) in [4.78, 5) is 11.6. The van der Waals surface area contributed by atoms with Crippen molar-refractivity contribution in [2.45, 2.75) is 39.0 Å². The van der Waals surface area contributed by atoms with E-state index in [1.807, 2.05) is 7.05 Å². The van der Waals surface area contributed by atoms with E-state index in [9.17, 15) is 4.79 Å². The number of ketones is 1. The molecule has 0 aromatic carbocycles. The lowest BCUT2D eigenvalue weighted by molar-refractivity contribution is 0.0979. The van der Waals surface area contributed by atoms with Crippen LogP contribution in [0.3, 0.4) is 0 Å². The topological polar surface area (TPSA) is 34.9 Å². The Hall–Kier alpha value is -1.12. The summed E-state index contributed by atoms with van der Waals surface area (Å²) in [5.74, 6) is 0.217. The van der Waals surface area contributed by atoms with Crippen LogP contribution in [0.15, 0.2) is 12.4 Å². The van der Waals surface area contributed by atoms with Crippen molar-refractivity contribution in [2.75, 3.05) is 0 Å². The molecule has 1 rings (SSSR count). The minimum Gasteiger partial charge on any atom is -0.294 e. The summed E-state index contributed by atoms with van der Waals surface area (Å²) in [5.41, 5.74) is 0.740. The fraction of sp³-hybridized carbons (Fsp3) is 0.636. The van der Waals surface area contributed by atoms with Crippen LogP contribution in [0.25, 0.3) is 0 Å². The summed E-state index contributed by atoms with van der Waals surface area (Å²) in [6.45, 7) is 2.17. The van der Waals surface area contributed by atoms with Gasteiger partial charge in [0.1, 0.15) is 0 Å².